The third-order valence-electron chi connectivity index (χ3n) is 7.67. The summed E-state index contributed by atoms with van der Waals surface area (Å²) in [5.41, 5.74) is 4.19. The standard InChI is InChI=1S/C31H36N4O6/c1-31(2,3)41-29(38)34-15-9-10-20(17-34)35(18-27-25(28(36)37)16-32-33(27)4)30(39)40-19-26-23-13-7-5-11-21(23)22-12-6-8-14-24(22)26/h5-8,11-14,16,20,26H,9-10,15,17-19H2,1-4H3,(H,36,37)/t20-/m0/s1. The molecule has 10 heteroatoms. The van der Waals surface area contributed by atoms with Crippen LogP contribution in [0, 0.1) is 0 Å². The van der Waals surface area contributed by atoms with Crippen molar-refractivity contribution < 1.29 is 29.0 Å². The molecule has 1 N–H and O–H groups in total. The quantitative estimate of drug-likeness (QED) is 0.437. The SMILES string of the molecule is Cn1ncc(C(=O)O)c1CN(C(=O)OCC1c2ccccc2-c2ccccc21)[C@H]1CCCN(C(=O)OC(C)(C)C)C1. The molecule has 2 heterocycles. The molecule has 10 nitrogen and oxygen atoms in total. The normalized spacial score (nSPS) is 16.6. The van der Waals surface area contributed by atoms with Crippen molar-refractivity contribution >= 4 is 18.2 Å². The number of carbonyl (C=O) groups excluding carboxylic acids is 2. The Labute approximate surface area is 239 Å². The number of fused-ring (bicyclic) bond motifs is 3. The van der Waals surface area contributed by atoms with Crippen LogP contribution in [0.15, 0.2) is 54.7 Å². The zero-order valence-corrected chi connectivity index (χ0v) is 23.9. The Morgan fingerprint density at radius 2 is 1.68 bits per heavy atom. The van der Waals surface area contributed by atoms with E-state index in [4.69, 9.17) is 9.47 Å². The minimum atomic E-state index is -1.13. The van der Waals surface area contributed by atoms with Gasteiger partial charge in [0.25, 0.3) is 0 Å². The van der Waals surface area contributed by atoms with Gasteiger partial charge in [-0.25, -0.2) is 14.4 Å². The fourth-order valence-electron chi connectivity index (χ4n) is 5.71. The number of carboxylic acids is 1. The van der Waals surface area contributed by atoms with Crippen LogP contribution in [-0.4, -0.2) is 74.2 Å². The number of ether oxygens (including phenoxy) is 2. The summed E-state index contributed by atoms with van der Waals surface area (Å²) in [5.74, 6) is -1.25. The first kappa shape index (κ1) is 28.2. The van der Waals surface area contributed by atoms with Crippen molar-refractivity contribution in [2.24, 2.45) is 7.05 Å². The average molecular weight is 561 g/mol. The number of likely N-dealkylation sites (tertiary alicyclic amines) is 1. The summed E-state index contributed by atoms with van der Waals surface area (Å²) in [4.78, 5) is 41.8. The van der Waals surface area contributed by atoms with E-state index in [0.717, 1.165) is 22.3 Å². The summed E-state index contributed by atoms with van der Waals surface area (Å²) in [7, 11) is 1.64. The van der Waals surface area contributed by atoms with E-state index in [9.17, 15) is 19.5 Å². The molecule has 1 fully saturated rings. The highest BCUT2D eigenvalue weighted by molar-refractivity contribution is 5.88. The summed E-state index contributed by atoms with van der Waals surface area (Å²) in [6.45, 7) is 6.29. The molecule has 1 aliphatic carbocycles. The average Bonchev–Trinajstić information content (AvgIpc) is 3.47. The van der Waals surface area contributed by atoms with E-state index >= 15 is 0 Å². The highest BCUT2D eigenvalue weighted by atomic mass is 16.6. The van der Waals surface area contributed by atoms with Gasteiger partial charge in [0.1, 0.15) is 17.8 Å². The lowest BCUT2D eigenvalue weighted by atomic mass is 9.98. The fourth-order valence-corrected chi connectivity index (χ4v) is 5.71. The first-order chi connectivity index (χ1) is 19.5. The third kappa shape index (κ3) is 5.91. The molecule has 1 atom stereocenters. The van der Waals surface area contributed by atoms with Gasteiger partial charge in [0, 0.05) is 26.1 Å². The monoisotopic (exact) mass is 560 g/mol. The molecule has 5 rings (SSSR count). The number of benzene rings is 2. The van der Waals surface area contributed by atoms with E-state index in [2.05, 4.69) is 29.4 Å². The van der Waals surface area contributed by atoms with Gasteiger partial charge in [0.2, 0.25) is 0 Å². The zero-order chi connectivity index (χ0) is 29.3. The van der Waals surface area contributed by atoms with Crippen molar-refractivity contribution in [3.8, 4) is 11.1 Å². The molecule has 1 aromatic heterocycles. The number of rotatable bonds is 6. The Morgan fingerprint density at radius 3 is 2.29 bits per heavy atom. The zero-order valence-electron chi connectivity index (χ0n) is 23.9. The Balaban J connectivity index is 1.40. The summed E-state index contributed by atoms with van der Waals surface area (Å²) in [6.07, 6.45) is 1.56. The van der Waals surface area contributed by atoms with E-state index in [1.165, 1.54) is 15.8 Å². The molecule has 41 heavy (non-hydrogen) atoms. The van der Waals surface area contributed by atoms with Gasteiger partial charge in [-0.1, -0.05) is 48.5 Å². The Kier molecular flexibility index (Phi) is 7.75. The summed E-state index contributed by atoms with van der Waals surface area (Å²) < 4.78 is 13.0. The van der Waals surface area contributed by atoms with Crippen LogP contribution in [-0.2, 0) is 23.1 Å². The Bertz CT molecular complexity index is 1410. The van der Waals surface area contributed by atoms with E-state index in [1.54, 1.807) is 11.9 Å². The predicted octanol–water partition coefficient (Wildman–Crippen LogP) is 5.27. The van der Waals surface area contributed by atoms with Gasteiger partial charge >= 0.3 is 18.2 Å². The molecule has 216 valence electrons. The van der Waals surface area contributed by atoms with E-state index in [0.29, 0.717) is 25.1 Å². The number of aromatic nitrogens is 2. The van der Waals surface area contributed by atoms with Crippen molar-refractivity contribution in [3.05, 3.63) is 77.1 Å². The van der Waals surface area contributed by atoms with Crippen LogP contribution in [0.25, 0.3) is 11.1 Å². The van der Waals surface area contributed by atoms with Crippen LogP contribution in [0.4, 0.5) is 9.59 Å². The van der Waals surface area contributed by atoms with Crippen LogP contribution in [0.1, 0.15) is 66.7 Å². The largest absolute Gasteiger partial charge is 0.478 e. The Morgan fingerprint density at radius 1 is 1.05 bits per heavy atom. The van der Waals surface area contributed by atoms with E-state index in [1.807, 2.05) is 45.0 Å². The lowest BCUT2D eigenvalue weighted by Crippen LogP contribution is -2.52. The molecule has 0 spiro atoms. The maximum Gasteiger partial charge on any atom is 0.410 e. The molecular weight excluding hydrogens is 524 g/mol. The second-order valence-corrected chi connectivity index (χ2v) is 11.6. The van der Waals surface area contributed by atoms with Crippen LogP contribution >= 0.6 is 0 Å². The van der Waals surface area contributed by atoms with Gasteiger partial charge in [0.15, 0.2) is 0 Å². The van der Waals surface area contributed by atoms with Gasteiger partial charge in [-0.15, -0.1) is 0 Å². The number of nitrogens with zero attached hydrogens (tertiary/aromatic N) is 4. The summed E-state index contributed by atoms with van der Waals surface area (Å²) >= 11 is 0. The van der Waals surface area contributed by atoms with Crippen LogP contribution in [0.2, 0.25) is 0 Å². The number of piperidine rings is 1. The molecule has 0 radical (unpaired) electrons. The summed E-state index contributed by atoms with van der Waals surface area (Å²) in [5, 5.41) is 13.8. The molecule has 2 aliphatic rings. The first-order valence-corrected chi connectivity index (χ1v) is 13.9. The number of hydrogen-bond acceptors (Lipinski definition) is 6. The van der Waals surface area contributed by atoms with Crippen molar-refractivity contribution in [2.45, 2.75) is 57.7 Å². The number of carboxylic acid groups (broad SMARTS) is 1. The molecule has 1 saturated heterocycles. The lowest BCUT2D eigenvalue weighted by molar-refractivity contribution is 0.00774. The van der Waals surface area contributed by atoms with Crippen molar-refractivity contribution in [1.82, 2.24) is 19.6 Å². The van der Waals surface area contributed by atoms with Gasteiger partial charge < -0.3 is 19.5 Å². The number of amides is 2. The van der Waals surface area contributed by atoms with Crippen molar-refractivity contribution in [1.29, 1.82) is 0 Å². The van der Waals surface area contributed by atoms with Crippen molar-refractivity contribution in [3.63, 3.8) is 0 Å². The number of aryl methyl sites for hydroxylation is 1. The maximum atomic E-state index is 13.8. The minimum absolute atomic E-state index is 0.0174. The van der Waals surface area contributed by atoms with Crippen molar-refractivity contribution in [2.75, 3.05) is 19.7 Å². The second-order valence-electron chi connectivity index (χ2n) is 11.6. The van der Waals surface area contributed by atoms with Gasteiger partial charge in [-0.05, 0) is 55.9 Å². The Hall–Kier alpha value is -4.34. The molecule has 0 bridgehead atoms. The van der Waals surface area contributed by atoms with Crippen LogP contribution in [0.5, 0.6) is 0 Å². The van der Waals surface area contributed by atoms with Crippen LogP contribution in [0.3, 0.4) is 0 Å². The predicted molar refractivity (Wildman–Crippen MR) is 152 cm³/mol. The smallest absolute Gasteiger partial charge is 0.410 e. The topological polar surface area (TPSA) is 114 Å². The summed E-state index contributed by atoms with van der Waals surface area (Å²) in [6, 6.07) is 15.8. The molecular formula is C31H36N4O6. The molecule has 1 aliphatic heterocycles. The van der Waals surface area contributed by atoms with Gasteiger partial charge in [-0.3, -0.25) is 9.58 Å². The molecule has 0 saturated carbocycles. The van der Waals surface area contributed by atoms with Gasteiger partial charge in [0.05, 0.1) is 24.5 Å². The number of carbonyl (C=O) groups is 3. The molecule has 0 unspecified atom stereocenters. The second kappa shape index (κ2) is 11.3. The lowest BCUT2D eigenvalue weighted by Gasteiger charge is -2.39. The number of hydrogen-bond donors (Lipinski definition) is 1. The fraction of sp³-hybridized carbons (Fsp3) is 0.419. The van der Waals surface area contributed by atoms with E-state index < -0.39 is 29.8 Å². The maximum absolute atomic E-state index is 13.8. The molecule has 3 aromatic rings. The van der Waals surface area contributed by atoms with Crippen LogP contribution < -0.4 is 0 Å². The molecule has 2 amide bonds. The van der Waals surface area contributed by atoms with E-state index in [-0.39, 0.29) is 31.2 Å². The highest BCUT2D eigenvalue weighted by Crippen LogP contribution is 2.44. The third-order valence-corrected chi connectivity index (χ3v) is 7.67. The molecule has 2 aromatic carbocycles. The first-order valence-electron chi connectivity index (χ1n) is 13.9. The van der Waals surface area contributed by atoms with Gasteiger partial charge in [-0.2, -0.15) is 5.10 Å². The number of aromatic carboxylic acids is 1. The highest BCUT2D eigenvalue weighted by Gasteiger charge is 2.36. The minimum Gasteiger partial charge on any atom is -0.478 e.